The molecule has 4 aliphatic heterocycles. The van der Waals surface area contributed by atoms with E-state index in [1.54, 1.807) is 17.0 Å². The lowest BCUT2D eigenvalue weighted by molar-refractivity contribution is -0.136. The van der Waals surface area contributed by atoms with E-state index in [-0.39, 0.29) is 31.4 Å². The molecule has 0 bridgehead atoms. The van der Waals surface area contributed by atoms with E-state index in [0.29, 0.717) is 24.2 Å². The molecule has 4 aliphatic rings. The Bertz CT molecular complexity index is 1730. The van der Waals surface area contributed by atoms with Gasteiger partial charge in [-0.05, 0) is 41.3 Å². The summed E-state index contributed by atoms with van der Waals surface area (Å²) in [7, 11) is 0. The van der Waals surface area contributed by atoms with Crippen molar-refractivity contribution in [2.75, 3.05) is 57.3 Å². The molecule has 0 radical (unpaired) electrons. The van der Waals surface area contributed by atoms with Crippen LogP contribution < -0.4 is 10.2 Å². The minimum absolute atomic E-state index is 0.0953. The van der Waals surface area contributed by atoms with Crippen LogP contribution in [0.5, 0.6) is 0 Å². The Kier molecular flexibility index (Phi) is 9.41. The standard InChI is InChI=1S/C37H40N6O6/c44-33-13-12-32(34(45)38-33)43-35(46)30-11-10-29(22-31(30)36(43)47)41-18-14-39(15-19-41)23-26-6-8-27(9-7-26)24-40-16-20-42(21-17-40)37(48)49-25-28-4-2-1-3-5-28/h1-11,22,32H,12-21,23-25H2,(H,38,44,45). The highest BCUT2D eigenvalue weighted by Crippen LogP contribution is 2.31. The summed E-state index contributed by atoms with van der Waals surface area (Å²) in [6.07, 6.45) is -0.0236. The van der Waals surface area contributed by atoms with Crippen LogP contribution in [0, 0.1) is 0 Å². The zero-order valence-electron chi connectivity index (χ0n) is 27.4. The molecule has 3 aromatic carbocycles. The first-order chi connectivity index (χ1) is 23.8. The number of nitrogens with one attached hydrogen (secondary N) is 1. The SMILES string of the molecule is O=C1CCC(N2C(=O)c3ccc(N4CCN(Cc5ccc(CN6CCN(C(=O)OCc7ccccc7)CC6)cc5)CC4)cc3C2=O)C(=O)N1. The monoisotopic (exact) mass is 664 g/mol. The molecule has 49 heavy (non-hydrogen) atoms. The number of amides is 5. The lowest BCUT2D eigenvalue weighted by Crippen LogP contribution is -2.54. The van der Waals surface area contributed by atoms with Crippen LogP contribution in [0.15, 0.2) is 72.8 Å². The Hall–Kier alpha value is -5.07. The third-order valence-corrected chi connectivity index (χ3v) is 9.83. The number of hydrogen-bond donors (Lipinski definition) is 1. The number of fused-ring (bicyclic) bond motifs is 1. The fourth-order valence-corrected chi connectivity index (χ4v) is 6.99. The van der Waals surface area contributed by atoms with Crippen LogP contribution in [0.1, 0.15) is 50.2 Å². The van der Waals surface area contributed by atoms with Gasteiger partial charge in [0.1, 0.15) is 12.6 Å². The Labute approximate surface area is 285 Å². The molecule has 3 fully saturated rings. The van der Waals surface area contributed by atoms with Crippen molar-refractivity contribution in [3.8, 4) is 0 Å². The molecule has 1 unspecified atom stereocenters. The molecule has 0 saturated carbocycles. The van der Waals surface area contributed by atoms with E-state index in [0.717, 1.165) is 68.5 Å². The van der Waals surface area contributed by atoms with Gasteiger partial charge in [0.15, 0.2) is 0 Å². The number of anilines is 1. The van der Waals surface area contributed by atoms with Crippen LogP contribution in [0.2, 0.25) is 0 Å². The number of ether oxygens (including phenoxy) is 1. The Balaban J connectivity index is 0.856. The second-order valence-electron chi connectivity index (χ2n) is 13.1. The maximum atomic E-state index is 13.3. The topological polar surface area (TPSA) is 123 Å². The summed E-state index contributed by atoms with van der Waals surface area (Å²) in [4.78, 5) is 72.5. The molecule has 12 nitrogen and oxygen atoms in total. The van der Waals surface area contributed by atoms with Gasteiger partial charge < -0.3 is 14.5 Å². The van der Waals surface area contributed by atoms with Gasteiger partial charge in [-0.15, -0.1) is 0 Å². The summed E-state index contributed by atoms with van der Waals surface area (Å²) in [5.74, 6) is -1.97. The van der Waals surface area contributed by atoms with Gasteiger partial charge in [-0.25, -0.2) is 4.79 Å². The second-order valence-corrected chi connectivity index (χ2v) is 13.1. The van der Waals surface area contributed by atoms with E-state index in [1.165, 1.54) is 11.1 Å². The molecule has 1 N–H and O–H groups in total. The Morgan fingerprint density at radius 3 is 1.94 bits per heavy atom. The number of carbonyl (C=O) groups excluding carboxylic acids is 5. The van der Waals surface area contributed by atoms with Crippen LogP contribution in [0.4, 0.5) is 10.5 Å². The number of piperazine rings is 2. The van der Waals surface area contributed by atoms with Crippen LogP contribution in [-0.4, -0.2) is 108 Å². The van der Waals surface area contributed by atoms with Crippen molar-refractivity contribution in [2.24, 2.45) is 0 Å². The highest BCUT2D eigenvalue weighted by molar-refractivity contribution is 6.23. The first-order valence-corrected chi connectivity index (χ1v) is 16.9. The summed E-state index contributed by atoms with van der Waals surface area (Å²) in [6.45, 7) is 8.15. The predicted octanol–water partition coefficient (Wildman–Crippen LogP) is 2.86. The van der Waals surface area contributed by atoms with Crippen molar-refractivity contribution in [3.63, 3.8) is 0 Å². The minimum Gasteiger partial charge on any atom is -0.445 e. The molecular formula is C37H40N6O6. The fraction of sp³-hybridized carbons (Fsp3) is 0.378. The number of piperidine rings is 1. The van der Waals surface area contributed by atoms with E-state index in [1.807, 2.05) is 36.4 Å². The molecule has 7 rings (SSSR count). The molecule has 254 valence electrons. The fourth-order valence-electron chi connectivity index (χ4n) is 6.99. The van der Waals surface area contributed by atoms with Crippen LogP contribution >= 0.6 is 0 Å². The molecule has 3 aromatic rings. The molecule has 0 aliphatic carbocycles. The number of rotatable bonds is 8. The average Bonchev–Trinajstić information content (AvgIpc) is 3.37. The highest BCUT2D eigenvalue weighted by Gasteiger charge is 2.44. The summed E-state index contributed by atoms with van der Waals surface area (Å²) in [5, 5.41) is 2.24. The quantitative estimate of drug-likeness (QED) is 0.363. The highest BCUT2D eigenvalue weighted by atomic mass is 16.6. The molecule has 12 heteroatoms. The Morgan fingerprint density at radius 2 is 1.31 bits per heavy atom. The first kappa shape index (κ1) is 32.5. The zero-order valence-corrected chi connectivity index (χ0v) is 27.4. The summed E-state index contributed by atoms with van der Waals surface area (Å²) < 4.78 is 5.49. The number of hydrogen-bond acceptors (Lipinski definition) is 9. The van der Waals surface area contributed by atoms with Crippen LogP contribution in [0.3, 0.4) is 0 Å². The molecule has 1 atom stereocenters. The van der Waals surface area contributed by atoms with E-state index >= 15 is 0 Å². The summed E-state index contributed by atoms with van der Waals surface area (Å²) in [5.41, 5.74) is 4.95. The third-order valence-electron chi connectivity index (χ3n) is 9.83. The van der Waals surface area contributed by atoms with Gasteiger partial charge in [0.05, 0.1) is 11.1 Å². The molecule has 0 aromatic heterocycles. The van der Waals surface area contributed by atoms with Crippen molar-refractivity contribution in [1.29, 1.82) is 0 Å². The maximum absolute atomic E-state index is 13.3. The third kappa shape index (κ3) is 7.20. The number of nitrogens with zero attached hydrogens (tertiary/aromatic N) is 5. The van der Waals surface area contributed by atoms with Gasteiger partial charge in [0.25, 0.3) is 11.8 Å². The van der Waals surface area contributed by atoms with Gasteiger partial charge >= 0.3 is 6.09 Å². The number of imide groups is 2. The molecule has 5 amide bonds. The summed E-state index contributed by atoms with van der Waals surface area (Å²) in [6, 6.07) is 22.8. The van der Waals surface area contributed by atoms with Gasteiger partial charge in [-0.1, -0.05) is 54.6 Å². The predicted molar refractivity (Wildman–Crippen MR) is 181 cm³/mol. The van der Waals surface area contributed by atoms with E-state index in [4.69, 9.17) is 4.74 Å². The molecule has 3 saturated heterocycles. The molecule has 4 heterocycles. The van der Waals surface area contributed by atoms with Gasteiger partial charge in [0.2, 0.25) is 11.8 Å². The van der Waals surface area contributed by atoms with Gasteiger partial charge in [0, 0.05) is 77.6 Å². The number of carbonyl (C=O) groups is 5. The normalized spacial score (nSPS) is 20.4. The lowest BCUT2D eigenvalue weighted by atomic mass is 10.0. The second kappa shape index (κ2) is 14.2. The van der Waals surface area contributed by atoms with Crippen molar-refractivity contribution in [1.82, 2.24) is 24.9 Å². The average molecular weight is 665 g/mol. The lowest BCUT2D eigenvalue weighted by Gasteiger charge is -2.36. The first-order valence-electron chi connectivity index (χ1n) is 16.9. The van der Waals surface area contributed by atoms with Crippen LogP contribution in [0.25, 0.3) is 0 Å². The largest absolute Gasteiger partial charge is 0.445 e. The van der Waals surface area contributed by atoms with E-state index in [2.05, 4.69) is 44.3 Å². The van der Waals surface area contributed by atoms with Crippen molar-refractivity contribution in [2.45, 2.75) is 38.6 Å². The minimum atomic E-state index is -0.968. The van der Waals surface area contributed by atoms with Gasteiger partial charge in [-0.3, -0.25) is 39.2 Å². The maximum Gasteiger partial charge on any atom is 0.410 e. The summed E-state index contributed by atoms with van der Waals surface area (Å²) >= 11 is 0. The van der Waals surface area contributed by atoms with Crippen molar-refractivity contribution < 1.29 is 28.7 Å². The smallest absolute Gasteiger partial charge is 0.410 e. The van der Waals surface area contributed by atoms with Crippen LogP contribution in [-0.2, 0) is 34.0 Å². The van der Waals surface area contributed by atoms with Crippen molar-refractivity contribution in [3.05, 3.63) is 101 Å². The van der Waals surface area contributed by atoms with E-state index < -0.39 is 23.8 Å². The van der Waals surface area contributed by atoms with E-state index in [9.17, 15) is 24.0 Å². The molecular weight excluding hydrogens is 624 g/mol. The van der Waals surface area contributed by atoms with Gasteiger partial charge in [-0.2, -0.15) is 0 Å². The molecule has 0 spiro atoms. The Morgan fingerprint density at radius 1 is 0.694 bits per heavy atom. The zero-order chi connectivity index (χ0) is 33.9. The number of benzene rings is 3. The van der Waals surface area contributed by atoms with Crippen molar-refractivity contribution >= 4 is 35.4 Å².